The maximum Gasteiger partial charge on any atom is 0.248 e. The van der Waals surface area contributed by atoms with E-state index in [4.69, 9.17) is 0 Å². The van der Waals surface area contributed by atoms with Crippen LogP contribution in [0.2, 0.25) is 0 Å². The average molecular weight is 270 g/mol. The molecule has 0 N–H and O–H groups in total. The van der Waals surface area contributed by atoms with Crippen molar-refractivity contribution in [2.75, 3.05) is 0 Å². The van der Waals surface area contributed by atoms with Gasteiger partial charge in [-0.2, -0.15) is 5.10 Å². The molecule has 0 amide bonds. The van der Waals surface area contributed by atoms with Crippen molar-refractivity contribution < 1.29 is 13.6 Å². The van der Waals surface area contributed by atoms with E-state index in [9.17, 15) is 13.6 Å². The third-order valence-electron chi connectivity index (χ3n) is 4.06. The monoisotopic (exact) mass is 270 g/mol. The Labute approximate surface area is 112 Å². The first-order chi connectivity index (χ1) is 8.96. The fourth-order valence-electron chi connectivity index (χ4n) is 2.55. The summed E-state index contributed by atoms with van der Waals surface area (Å²) in [6.45, 7) is 4.08. The smallest absolute Gasteiger partial charge is 0.248 e. The van der Waals surface area contributed by atoms with E-state index < -0.39 is 5.92 Å². The molecule has 0 bridgehead atoms. The number of carbonyl (C=O) groups excluding carboxylic acids is 1. The standard InChI is InChI=1S/C14H20F2N2O/c1-3-10(2)18-8-12(9-19)13(17-18)11-4-6-14(15,16)7-5-11/h8-11H,3-7H2,1-2H3. The third kappa shape index (κ3) is 3.01. The summed E-state index contributed by atoms with van der Waals surface area (Å²) in [5, 5.41) is 4.46. The lowest BCUT2D eigenvalue weighted by molar-refractivity contribution is -0.0385. The van der Waals surface area contributed by atoms with Gasteiger partial charge in [-0.25, -0.2) is 8.78 Å². The largest absolute Gasteiger partial charge is 0.298 e. The van der Waals surface area contributed by atoms with Gasteiger partial charge in [0.25, 0.3) is 0 Å². The zero-order valence-electron chi connectivity index (χ0n) is 11.4. The van der Waals surface area contributed by atoms with Crippen molar-refractivity contribution in [3.63, 3.8) is 0 Å². The zero-order valence-corrected chi connectivity index (χ0v) is 11.4. The van der Waals surface area contributed by atoms with Gasteiger partial charge in [-0.05, 0) is 26.2 Å². The Balaban J connectivity index is 2.20. The lowest BCUT2D eigenvalue weighted by Crippen LogP contribution is -2.24. The second-order valence-corrected chi connectivity index (χ2v) is 5.46. The molecule has 1 aliphatic rings. The number of carbonyl (C=O) groups is 1. The van der Waals surface area contributed by atoms with Gasteiger partial charge < -0.3 is 0 Å². The van der Waals surface area contributed by atoms with Crippen molar-refractivity contribution in [3.05, 3.63) is 17.5 Å². The van der Waals surface area contributed by atoms with Crippen molar-refractivity contribution in [1.29, 1.82) is 0 Å². The zero-order chi connectivity index (χ0) is 14.0. The van der Waals surface area contributed by atoms with Crippen LogP contribution in [0.3, 0.4) is 0 Å². The summed E-state index contributed by atoms with van der Waals surface area (Å²) in [5.41, 5.74) is 1.25. The first kappa shape index (κ1) is 14.2. The molecular weight excluding hydrogens is 250 g/mol. The Hall–Kier alpha value is -1.26. The molecule has 1 unspecified atom stereocenters. The number of hydrogen-bond acceptors (Lipinski definition) is 2. The quantitative estimate of drug-likeness (QED) is 0.776. The van der Waals surface area contributed by atoms with Crippen LogP contribution in [0.15, 0.2) is 6.20 Å². The molecule has 1 aromatic heterocycles. The van der Waals surface area contributed by atoms with Crippen LogP contribution in [0, 0.1) is 0 Å². The molecule has 1 heterocycles. The summed E-state index contributed by atoms with van der Waals surface area (Å²) in [6.07, 6.45) is 4.05. The minimum atomic E-state index is -2.54. The molecule has 0 spiro atoms. The third-order valence-corrected chi connectivity index (χ3v) is 4.06. The maximum absolute atomic E-state index is 13.2. The Morgan fingerprint density at radius 1 is 1.53 bits per heavy atom. The van der Waals surface area contributed by atoms with Gasteiger partial charge in [-0.1, -0.05) is 6.92 Å². The summed E-state index contributed by atoms with van der Waals surface area (Å²) in [4.78, 5) is 11.1. The summed E-state index contributed by atoms with van der Waals surface area (Å²) in [6, 6.07) is 0.220. The highest BCUT2D eigenvalue weighted by atomic mass is 19.3. The molecule has 1 fully saturated rings. The molecule has 3 nitrogen and oxygen atoms in total. The van der Waals surface area contributed by atoms with Crippen LogP contribution in [0.4, 0.5) is 8.78 Å². The lowest BCUT2D eigenvalue weighted by atomic mass is 9.84. The highest BCUT2D eigenvalue weighted by molar-refractivity contribution is 5.76. The number of aromatic nitrogens is 2. The molecule has 1 aliphatic carbocycles. The molecule has 0 aliphatic heterocycles. The summed E-state index contributed by atoms with van der Waals surface area (Å²) in [7, 11) is 0. The molecule has 19 heavy (non-hydrogen) atoms. The number of halogens is 2. The molecule has 2 rings (SSSR count). The van der Waals surface area contributed by atoms with Crippen molar-refractivity contribution in [2.24, 2.45) is 0 Å². The van der Waals surface area contributed by atoms with Gasteiger partial charge in [0.15, 0.2) is 6.29 Å². The maximum atomic E-state index is 13.2. The Kier molecular flexibility index (Phi) is 4.02. The van der Waals surface area contributed by atoms with Crippen molar-refractivity contribution in [1.82, 2.24) is 9.78 Å². The first-order valence-corrected chi connectivity index (χ1v) is 6.89. The minimum Gasteiger partial charge on any atom is -0.298 e. The topological polar surface area (TPSA) is 34.9 Å². The van der Waals surface area contributed by atoms with Crippen LogP contribution >= 0.6 is 0 Å². The fourth-order valence-corrected chi connectivity index (χ4v) is 2.55. The summed E-state index contributed by atoms with van der Waals surface area (Å²) >= 11 is 0. The highest BCUT2D eigenvalue weighted by Gasteiger charge is 2.37. The molecule has 1 atom stereocenters. The van der Waals surface area contributed by atoms with E-state index in [1.807, 2.05) is 13.8 Å². The SMILES string of the molecule is CCC(C)n1cc(C=O)c(C2CCC(F)(F)CC2)n1. The Morgan fingerprint density at radius 3 is 2.68 bits per heavy atom. The van der Waals surface area contributed by atoms with E-state index >= 15 is 0 Å². The molecule has 1 saturated carbocycles. The fraction of sp³-hybridized carbons (Fsp3) is 0.714. The molecule has 0 radical (unpaired) electrons. The normalized spacial score (nSPS) is 21.3. The van der Waals surface area contributed by atoms with E-state index in [2.05, 4.69) is 5.10 Å². The second-order valence-electron chi connectivity index (χ2n) is 5.46. The number of nitrogens with zero attached hydrogens (tertiary/aromatic N) is 2. The van der Waals surface area contributed by atoms with Crippen LogP contribution in [-0.4, -0.2) is 22.0 Å². The first-order valence-electron chi connectivity index (χ1n) is 6.89. The number of rotatable bonds is 4. The number of hydrogen-bond donors (Lipinski definition) is 0. The Bertz CT molecular complexity index is 446. The van der Waals surface area contributed by atoms with Crippen LogP contribution < -0.4 is 0 Å². The van der Waals surface area contributed by atoms with Gasteiger partial charge in [0.05, 0.1) is 11.3 Å². The predicted molar refractivity (Wildman–Crippen MR) is 68.8 cm³/mol. The molecule has 1 aromatic rings. The Morgan fingerprint density at radius 2 is 2.16 bits per heavy atom. The van der Waals surface area contributed by atoms with E-state index in [0.29, 0.717) is 24.1 Å². The second kappa shape index (κ2) is 5.39. The van der Waals surface area contributed by atoms with Gasteiger partial charge in [0.1, 0.15) is 0 Å². The number of alkyl halides is 2. The van der Waals surface area contributed by atoms with Crippen molar-refractivity contribution >= 4 is 6.29 Å². The van der Waals surface area contributed by atoms with Crippen molar-refractivity contribution in [3.8, 4) is 0 Å². The van der Waals surface area contributed by atoms with E-state index in [-0.39, 0.29) is 24.8 Å². The predicted octanol–water partition coefficient (Wildman–Crippen LogP) is 3.96. The number of aldehydes is 1. The van der Waals surface area contributed by atoms with Crippen LogP contribution in [0.25, 0.3) is 0 Å². The van der Waals surface area contributed by atoms with Crippen LogP contribution in [0.1, 0.15) is 74.0 Å². The van der Waals surface area contributed by atoms with Gasteiger partial charge in [-0.15, -0.1) is 0 Å². The van der Waals surface area contributed by atoms with Crippen molar-refractivity contribution in [2.45, 2.75) is 63.8 Å². The molecule has 5 heteroatoms. The summed E-state index contributed by atoms with van der Waals surface area (Å²) < 4.78 is 28.1. The summed E-state index contributed by atoms with van der Waals surface area (Å²) in [5.74, 6) is -2.55. The van der Waals surface area contributed by atoms with Crippen LogP contribution in [-0.2, 0) is 0 Å². The molecule has 0 aromatic carbocycles. The van der Waals surface area contributed by atoms with Gasteiger partial charge in [0, 0.05) is 31.0 Å². The molecule has 0 saturated heterocycles. The van der Waals surface area contributed by atoms with E-state index in [1.54, 1.807) is 10.9 Å². The van der Waals surface area contributed by atoms with Gasteiger partial charge in [-0.3, -0.25) is 9.48 Å². The highest BCUT2D eigenvalue weighted by Crippen LogP contribution is 2.41. The van der Waals surface area contributed by atoms with E-state index in [1.165, 1.54) is 0 Å². The van der Waals surface area contributed by atoms with Crippen LogP contribution in [0.5, 0.6) is 0 Å². The lowest BCUT2D eigenvalue weighted by Gasteiger charge is -2.27. The minimum absolute atomic E-state index is 0.00914. The van der Waals surface area contributed by atoms with Gasteiger partial charge >= 0.3 is 0 Å². The van der Waals surface area contributed by atoms with E-state index in [0.717, 1.165) is 12.7 Å². The molecular formula is C14H20F2N2O. The average Bonchev–Trinajstić information content (AvgIpc) is 2.82. The molecule has 106 valence electrons. The van der Waals surface area contributed by atoms with Gasteiger partial charge in [0.2, 0.25) is 5.92 Å².